The zero-order valence-corrected chi connectivity index (χ0v) is 38.1. The van der Waals surface area contributed by atoms with Crippen LogP contribution in [0.4, 0.5) is 0 Å². The standard InChI is InChI=1S/C48H82NO8P/c1-6-8-10-12-14-16-18-20-22-23-24-25-27-29-31-33-35-37-39-41-48(51)57-46(45-56-58(52,53)55-43-42-49(3,4)5)44-54-47(50)40-38-36-34-32-30-28-26-21-19-17-15-13-11-9-7-2/h8,10,14,16,20,22,24-25,29,31,34,36,38,40,46H,6-7,9,11-13,15,17-19,21,23,26-28,30,32-33,35,37,39,41-45H2,1-5H3/p+1/b10-8+,16-14+,22-20+,25-24+,31-29+,36-34+,40-38+/t46-/m1/s1. The van der Waals surface area contributed by atoms with Gasteiger partial charge in [-0.05, 0) is 64.2 Å². The SMILES string of the molecule is CC/C=C/C/C=C/C/C=C/C/C=C/C/C=C/CCCCCC(=O)O[C@H](COC(=O)/C=C/C=C/CCCCCCCCCCCCC)COP(=O)(O)OCC[N+](C)(C)C. The molecule has 0 saturated carbocycles. The summed E-state index contributed by atoms with van der Waals surface area (Å²) < 4.78 is 34.1. The van der Waals surface area contributed by atoms with Gasteiger partial charge in [0.15, 0.2) is 6.10 Å². The van der Waals surface area contributed by atoms with Crippen molar-refractivity contribution in [3.05, 3.63) is 85.1 Å². The van der Waals surface area contributed by atoms with Crippen molar-refractivity contribution in [3.8, 4) is 0 Å². The third-order valence-electron chi connectivity index (χ3n) is 9.01. The summed E-state index contributed by atoms with van der Waals surface area (Å²) in [5.74, 6) is -1.10. The van der Waals surface area contributed by atoms with Crippen LogP contribution in [0.15, 0.2) is 85.1 Å². The molecule has 0 aliphatic heterocycles. The Morgan fingerprint density at radius 2 is 1.10 bits per heavy atom. The summed E-state index contributed by atoms with van der Waals surface area (Å²) in [6.07, 6.45) is 51.2. The van der Waals surface area contributed by atoms with Crippen LogP contribution in [0, 0.1) is 0 Å². The maximum Gasteiger partial charge on any atom is 0.472 e. The monoisotopic (exact) mass is 833 g/mol. The van der Waals surface area contributed by atoms with E-state index in [4.69, 9.17) is 18.5 Å². The van der Waals surface area contributed by atoms with Gasteiger partial charge in [-0.2, -0.15) is 0 Å². The number of allylic oxidation sites excluding steroid dienone is 13. The van der Waals surface area contributed by atoms with E-state index in [2.05, 4.69) is 74.6 Å². The number of phosphoric acid groups is 1. The summed E-state index contributed by atoms with van der Waals surface area (Å²) in [6.45, 7) is 4.12. The molecule has 0 amide bonds. The van der Waals surface area contributed by atoms with Gasteiger partial charge >= 0.3 is 19.8 Å². The van der Waals surface area contributed by atoms with Gasteiger partial charge in [-0.3, -0.25) is 13.8 Å². The molecular weight excluding hydrogens is 750 g/mol. The van der Waals surface area contributed by atoms with Gasteiger partial charge in [-0.1, -0.05) is 163 Å². The number of nitrogens with zero attached hydrogens (tertiary/aromatic N) is 1. The van der Waals surface area contributed by atoms with Crippen LogP contribution in [-0.2, 0) is 32.7 Å². The van der Waals surface area contributed by atoms with Gasteiger partial charge in [-0.15, -0.1) is 0 Å². The van der Waals surface area contributed by atoms with E-state index in [-0.39, 0.29) is 19.6 Å². The predicted octanol–water partition coefficient (Wildman–Crippen LogP) is 12.8. The quantitative estimate of drug-likeness (QED) is 0.0124. The summed E-state index contributed by atoms with van der Waals surface area (Å²) >= 11 is 0. The molecule has 0 bridgehead atoms. The molecule has 1 unspecified atom stereocenters. The van der Waals surface area contributed by atoms with E-state index in [1.165, 1.54) is 70.3 Å². The van der Waals surface area contributed by atoms with Crippen molar-refractivity contribution in [2.75, 3.05) is 47.5 Å². The van der Waals surface area contributed by atoms with Crippen LogP contribution in [0.5, 0.6) is 0 Å². The van der Waals surface area contributed by atoms with Crippen molar-refractivity contribution in [3.63, 3.8) is 0 Å². The molecule has 2 atom stereocenters. The van der Waals surface area contributed by atoms with Crippen LogP contribution in [0.1, 0.15) is 155 Å². The predicted molar refractivity (Wildman–Crippen MR) is 242 cm³/mol. The summed E-state index contributed by atoms with van der Waals surface area (Å²) in [7, 11) is 1.40. The van der Waals surface area contributed by atoms with Gasteiger partial charge < -0.3 is 18.9 Å². The Kier molecular flexibility index (Phi) is 37.7. The molecule has 0 aromatic carbocycles. The molecule has 0 aromatic heterocycles. The Labute approximate surface area is 354 Å². The van der Waals surface area contributed by atoms with Crippen molar-refractivity contribution in [1.29, 1.82) is 0 Å². The van der Waals surface area contributed by atoms with E-state index in [0.717, 1.165) is 64.2 Å². The van der Waals surface area contributed by atoms with Crippen LogP contribution < -0.4 is 0 Å². The van der Waals surface area contributed by atoms with Crippen LogP contribution >= 0.6 is 7.82 Å². The Morgan fingerprint density at radius 3 is 1.66 bits per heavy atom. The highest BCUT2D eigenvalue weighted by Gasteiger charge is 2.26. The number of ether oxygens (including phenoxy) is 2. The largest absolute Gasteiger partial charge is 0.472 e. The molecule has 0 rings (SSSR count). The zero-order valence-electron chi connectivity index (χ0n) is 37.2. The lowest BCUT2D eigenvalue weighted by Crippen LogP contribution is -2.37. The third kappa shape index (κ3) is 42.8. The van der Waals surface area contributed by atoms with Crippen molar-refractivity contribution in [1.82, 2.24) is 0 Å². The Balaban J connectivity index is 4.53. The van der Waals surface area contributed by atoms with Crippen LogP contribution in [-0.4, -0.2) is 74.9 Å². The van der Waals surface area contributed by atoms with E-state index in [0.29, 0.717) is 17.4 Å². The first-order valence-corrected chi connectivity index (χ1v) is 23.8. The molecule has 0 aromatic rings. The first-order chi connectivity index (χ1) is 28.0. The molecule has 0 fully saturated rings. The van der Waals surface area contributed by atoms with Crippen molar-refractivity contribution in [2.45, 2.75) is 161 Å². The molecule has 10 heteroatoms. The average Bonchev–Trinajstić information content (AvgIpc) is 3.17. The Morgan fingerprint density at radius 1 is 0.603 bits per heavy atom. The lowest BCUT2D eigenvalue weighted by atomic mass is 10.1. The molecule has 0 heterocycles. The minimum absolute atomic E-state index is 0.00784. The number of hydrogen-bond donors (Lipinski definition) is 1. The topological polar surface area (TPSA) is 108 Å². The average molecular weight is 833 g/mol. The molecule has 0 spiro atoms. The summed E-state index contributed by atoms with van der Waals surface area (Å²) in [4.78, 5) is 35.2. The third-order valence-corrected chi connectivity index (χ3v) is 10.00. The molecule has 0 aliphatic carbocycles. The van der Waals surface area contributed by atoms with Crippen molar-refractivity contribution >= 4 is 19.8 Å². The second kappa shape index (κ2) is 39.6. The number of esters is 2. The number of unbranched alkanes of at least 4 members (excludes halogenated alkanes) is 14. The van der Waals surface area contributed by atoms with Gasteiger partial charge in [0, 0.05) is 12.5 Å². The van der Waals surface area contributed by atoms with Crippen LogP contribution in [0.25, 0.3) is 0 Å². The van der Waals surface area contributed by atoms with E-state index < -0.39 is 32.5 Å². The normalized spacial score (nSPS) is 14.4. The fourth-order valence-corrected chi connectivity index (χ4v) is 6.28. The van der Waals surface area contributed by atoms with Crippen LogP contribution in [0.2, 0.25) is 0 Å². The van der Waals surface area contributed by atoms with E-state index >= 15 is 0 Å². The van der Waals surface area contributed by atoms with Crippen molar-refractivity contribution in [2.24, 2.45) is 0 Å². The number of carbonyl (C=O) groups excluding carboxylic acids is 2. The highest BCUT2D eigenvalue weighted by atomic mass is 31.2. The summed E-state index contributed by atoms with van der Waals surface area (Å²) in [6, 6.07) is 0. The minimum Gasteiger partial charge on any atom is -0.458 e. The van der Waals surface area contributed by atoms with Crippen LogP contribution in [0.3, 0.4) is 0 Å². The summed E-state index contributed by atoms with van der Waals surface area (Å²) in [5.41, 5.74) is 0. The maximum absolute atomic E-state index is 12.7. The van der Waals surface area contributed by atoms with E-state index in [1.807, 2.05) is 33.3 Å². The van der Waals surface area contributed by atoms with E-state index in [9.17, 15) is 19.0 Å². The highest BCUT2D eigenvalue weighted by Crippen LogP contribution is 2.43. The Hall–Kier alpha value is -2.81. The first kappa shape index (κ1) is 55.2. The number of rotatable bonds is 39. The second-order valence-corrected chi connectivity index (χ2v) is 17.2. The molecule has 0 radical (unpaired) electrons. The molecule has 1 N–H and O–H groups in total. The molecule has 58 heavy (non-hydrogen) atoms. The first-order valence-electron chi connectivity index (χ1n) is 22.4. The number of phosphoric ester groups is 1. The summed E-state index contributed by atoms with van der Waals surface area (Å²) in [5, 5.41) is 0. The lowest BCUT2D eigenvalue weighted by Gasteiger charge is -2.24. The number of hydrogen-bond acceptors (Lipinski definition) is 7. The smallest absolute Gasteiger partial charge is 0.458 e. The Bertz CT molecular complexity index is 1260. The lowest BCUT2D eigenvalue weighted by molar-refractivity contribution is -0.870. The van der Waals surface area contributed by atoms with Gasteiger partial charge in [0.2, 0.25) is 0 Å². The fourth-order valence-electron chi connectivity index (χ4n) is 5.54. The van der Waals surface area contributed by atoms with Gasteiger partial charge in [0.05, 0.1) is 27.7 Å². The van der Waals surface area contributed by atoms with Crippen molar-refractivity contribution < 1.29 is 42.1 Å². The van der Waals surface area contributed by atoms with Gasteiger partial charge in [0.1, 0.15) is 19.8 Å². The van der Waals surface area contributed by atoms with E-state index in [1.54, 1.807) is 6.08 Å². The molecule has 9 nitrogen and oxygen atoms in total. The molecule has 0 saturated heterocycles. The number of quaternary nitrogens is 1. The van der Waals surface area contributed by atoms with Gasteiger partial charge in [-0.25, -0.2) is 9.36 Å². The van der Waals surface area contributed by atoms with Gasteiger partial charge in [0.25, 0.3) is 0 Å². The fraction of sp³-hybridized carbons (Fsp3) is 0.667. The molecule has 0 aliphatic rings. The number of carbonyl (C=O) groups is 2. The minimum atomic E-state index is -4.41. The maximum atomic E-state index is 12.7. The number of likely N-dealkylation sites (N-methyl/N-ethyl adjacent to an activating group) is 1. The molecule has 332 valence electrons. The second-order valence-electron chi connectivity index (χ2n) is 15.8. The zero-order chi connectivity index (χ0) is 42.8. The highest BCUT2D eigenvalue weighted by molar-refractivity contribution is 7.47. The molecular formula is C48H83NO8P+.